The van der Waals surface area contributed by atoms with Crippen molar-refractivity contribution in [2.24, 2.45) is 5.92 Å². The molecule has 1 saturated carbocycles. The first-order valence-electron chi connectivity index (χ1n) is 7.60. The summed E-state index contributed by atoms with van der Waals surface area (Å²) in [4.78, 5) is 17.9. The molecule has 110 valence electrons. The molecule has 0 bridgehead atoms. The molecule has 0 aromatic carbocycles. The Morgan fingerprint density at radius 1 is 1.24 bits per heavy atom. The van der Waals surface area contributed by atoms with E-state index in [0.717, 1.165) is 29.0 Å². The van der Waals surface area contributed by atoms with Crippen LogP contribution in [0.3, 0.4) is 0 Å². The number of amides is 1. The highest BCUT2D eigenvalue weighted by Gasteiger charge is 2.21. The molecule has 0 saturated heterocycles. The van der Waals surface area contributed by atoms with Gasteiger partial charge in [0.05, 0.1) is 10.6 Å². The van der Waals surface area contributed by atoms with Crippen LogP contribution in [-0.4, -0.2) is 10.9 Å². The van der Waals surface area contributed by atoms with Crippen LogP contribution < -0.4 is 5.32 Å². The molecule has 1 fully saturated rings. The molecule has 1 amide bonds. The number of carbonyl (C=O) groups is 1. The Balaban J connectivity index is 1.66. The summed E-state index contributed by atoms with van der Waals surface area (Å²) in [6.45, 7) is 0.566. The lowest BCUT2D eigenvalue weighted by molar-refractivity contribution is -0.126. The summed E-state index contributed by atoms with van der Waals surface area (Å²) < 4.78 is 0. The summed E-state index contributed by atoms with van der Waals surface area (Å²) in [7, 11) is 0. The van der Waals surface area contributed by atoms with Crippen molar-refractivity contribution in [1.82, 2.24) is 10.3 Å². The fourth-order valence-electron chi connectivity index (χ4n) is 2.91. The monoisotopic (exact) mass is 300 g/mol. The maximum atomic E-state index is 12.2. The lowest BCUT2D eigenvalue weighted by atomic mass is 9.88. The van der Waals surface area contributed by atoms with Crippen molar-refractivity contribution in [3.05, 3.63) is 41.4 Å². The van der Waals surface area contributed by atoms with E-state index in [9.17, 15) is 4.79 Å². The zero-order valence-electron chi connectivity index (χ0n) is 12.0. The van der Waals surface area contributed by atoms with Crippen molar-refractivity contribution in [3.63, 3.8) is 0 Å². The van der Waals surface area contributed by atoms with Gasteiger partial charge in [-0.25, -0.2) is 0 Å². The second-order valence-corrected chi connectivity index (χ2v) is 6.49. The van der Waals surface area contributed by atoms with Crippen LogP contribution in [0.2, 0.25) is 0 Å². The van der Waals surface area contributed by atoms with Gasteiger partial charge in [0.1, 0.15) is 0 Å². The fourth-order valence-corrected chi connectivity index (χ4v) is 3.66. The topological polar surface area (TPSA) is 42.0 Å². The van der Waals surface area contributed by atoms with E-state index in [1.165, 1.54) is 19.3 Å². The molecule has 4 heteroatoms. The van der Waals surface area contributed by atoms with E-state index < -0.39 is 0 Å². The van der Waals surface area contributed by atoms with E-state index >= 15 is 0 Å². The Kier molecular flexibility index (Phi) is 4.65. The third-order valence-corrected chi connectivity index (χ3v) is 4.95. The van der Waals surface area contributed by atoms with Crippen molar-refractivity contribution in [2.45, 2.75) is 38.6 Å². The normalized spacial score (nSPS) is 15.8. The summed E-state index contributed by atoms with van der Waals surface area (Å²) in [6.07, 6.45) is 7.53. The maximum absolute atomic E-state index is 12.2. The number of carbonyl (C=O) groups excluding carboxylic acids is 1. The molecule has 1 N–H and O–H groups in total. The fraction of sp³-hybridized carbons (Fsp3) is 0.412. The molecule has 3 nitrogen and oxygen atoms in total. The SMILES string of the molecule is O=C(NCc1cccnc1-c1cccs1)C1CCCCC1. The molecule has 2 heterocycles. The first kappa shape index (κ1) is 14.3. The summed E-state index contributed by atoms with van der Waals surface area (Å²) in [6, 6.07) is 8.07. The molecule has 0 spiro atoms. The van der Waals surface area contributed by atoms with Crippen molar-refractivity contribution in [3.8, 4) is 10.6 Å². The van der Waals surface area contributed by atoms with E-state index in [2.05, 4.69) is 21.7 Å². The van der Waals surface area contributed by atoms with Gasteiger partial charge in [-0.1, -0.05) is 31.4 Å². The Hall–Kier alpha value is -1.68. The van der Waals surface area contributed by atoms with Crippen molar-refractivity contribution < 1.29 is 4.79 Å². The Labute approximate surface area is 129 Å². The molecular weight excluding hydrogens is 280 g/mol. The molecule has 2 aromatic rings. The Bertz CT molecular complexity index is 589. The van der Waals surface area contributed by atoms with Gasteiger partial charge < -0.3 is 5.32 Å². The summed E-state index contributed by atoms with van der Waals surface area (Å²) >= 11 is 1.68. The predicted octanol–water partition coefficient (Wildman–Crippen LogP) is 4.01. The second-order valence-electron chi connectivity index (χ2n) is 5.54. The first-order chi connectivity index (χ1) is 10.3. The van der Waals surface area contributed by atoms with Crippen LogP contribution in [0.5, 0.6) is 0 Å². The standard InChI is InChI=1S/C17H20N2OS/c20-17(13-6-2-1-3-7-13)19-12-14-8-4-10-18-16(14)15-9-5-11-21-15/h4-5,8-11,13H,1-3,6-7,12H2,(H,19,20). The molecular formula is C17H20N2OS. The summed E-state index contributed by atoms with van der Waals surface area (Å²) in [5, 5.41) is 5.15. The average Bonchev–Trinajstić information content (AvgIpc) is 3.08. The van der Waals surface area contributed by atoms with Crippen LogP contribution in [0, 0.1) is 5.92 Å². The van der Waals surface area contributed by atoms with Crippen LogP contribution in [-0.2, 0) is 11.3 Å². The minimum atomic E-state index is 0.204. The Morgan fingerprint density at radius 2 is 2.10 bits per heavy atom. The van der Waals surface area contributed by atoms with Gasteiger partial charge in [0.15, 0.2) is 0 Å². The highest BCUT2D eigenvalue weighted by atomic mass is 32.1. The third-order valence-electron chi connectivity index (χ3n) is 4.07. The van der Waals surface area contributed by atoms with E-state index in [1.54, 1.807) is 11.3 Å². The quantitative estimate of drug-likeness (QED) is 0.927. The van der Waals surface area contributed by atoms with Crippen molar-refractivity contribution in [2.75, 3.05) is 0 Å². The molecule has 0 unspecified atom stereocenters. The van der Waals surface area contributed by atoms with E-state index in [-0.39, 0.29) is 11.8 Å². The van der Waals surface area contributed by atoms with Gasteiger partial charge in [-0.3, -0.25) is 9.78 Å². The predicted molar refractivity (Wildman–Crippen MR) is 86.0 cm³/mol. The lowest BCUT2D eigenvalue weighted by Crippen LogP contribution is -2.31. The molecule has 0 aliphatic heterocycles. The zero-order valence-corrected chi connectivity index (χ0v) is 12.9. The zero-order chi connectivity index (χ0) is 14.5. The van der Waals surface area contributed by atoms with Crippen LogP contribution in [0.15, 0.2) is 35.8 Å². The van der Waals surface area contributed by atoms with Gasteiger partial charge in [-0.05, 0) is 35.9 Å². The molecule has 1 aliphatic rings. The number of nitrogens with zero attached hydrogens (tertiary/aromatic N) is 1. The van der Waals surface area contributed by atoms with Crippen LogP contribution in [0.1, 0.15) is 37.7 Å². The highest BCUT2D eigenvalue weighted by Crippen LogP contribution is 2.26. The van der Waals surface area contributed by atoms with Gasteiger partial charge in [-0.15, -0.1) is 11.3 Å². The Morgan fingerprint density at radius 3 is 2.86 bits per heavy atom. The molecule has 3 rings (SSSR count). The van der Waals surface area contributed by atoms with Gasteiger partial charge >= 0.3 is 0 Å². The van der Waals surface area contributed by atoms with Gasteiger partial charge in [0.2, 0.25) is 5.91 Å². The molecule has 1 aliphatic carbocycles. The minimum Gasteiger partial charge on any atom is -0.352 e. The average molecular weight is 300 g/mol. The number of pyridine rings is 1. The van der Waals surface area contributed by atoms with Crippen molar-refractivity contribution in [1.29, 1.82) is 0 Å². The summed E-state index contributed by atoms with van der Waals surface area (Å²) in [5.41, 5.74) is 2.07. The number of thiophene rings is 1. The van der Waals surface area contributed by atoms with Crippen LogP contribution in [0.25, 0.3) is 10.6 Å². The van der Waals surface area contributed by atoms with E-state index in [1.807, 2.05) is 24.4 Å². The van der Waals surface area contributed by atoms with Crippen LogP contribution >= 0.6 is 11.3 Å². The number of nitrogens with one attached hydrogen (secondary N) is 1. The van der Waals surface area contributed by atoms with Gasteiger partial charge in [0.25, 0.3) is 0 Å². The highest BCUT2D eigenvalue weighted by molar-refractivity contribution is 7.13. The van der Waals surface area contributed by atoms with Gasteiger partial charge in [-0.2, -0.15) is 0 Å². The smallest absolute Gasteiger partial charge is 0.223 e. The summed E-state index contributed by atoms with van der Waals surface area (Å²) in [5.74, 6) is 0.413. The first-order valence-corrected chi connectivity index (χ1v) is 8.48. The number of rotatable bonds is 4. The molecule has 21 heavy (non-hydrogen) atoms. The number of aromatic nitrogens is 1. The van der Waals surface area contributed by atoms with E-state index in [4.69, 9.17) is 0 Å². The lowest BCUT2D eigenvalue weighted by Gasteiger charge is -2.21. The number of hydrogen-bond acceptors (Lipinski definition) is 3. The molecule has 0 radical (unpaired) electrons. The van der Waals surface area contributed by atoms with E-state index in [0.29, 0.717) is 6.54 Å². The van der Waals surface area contributed by atoms with Gasteiger partial charge in [0, 0.05) is 18.7 Å². The second kappa shape index (κ2) is 6.85. The van der Waals surface area contributed by atoms with Crippen molar-refractivity contribution >= 4 is 17.2 Å². The maximum Gasteiger partial charge on any atom is 0.223 e. The largest absolute Gasteiger partial charge is 0.352 e. The molecule has 0 atom stereocenters. The third kappa shape index (κ3) is 3.50. The van der Waals surface area contributed by atoms with Crippen LogP contribution in [0.4, 0.5) is 0 Å². The minimum absolute atomic E-state index is 0.204. The molecule has 2 aromatic heterocycles. The number of hydrogen-bond donors (Lipinski definition) is 1.